The Bertz CT molecular complexity index is 758. The highest BCUT2D eigenvalue weighted by atomic mass is 35.5. The van der Waals surface area contributed by atoms with E-state index in [9.17, 15) is 9.59 Å². The molecule has 1 aromatic carbocycles. The zero-order valence-corrected chi connectivity index (χ0v) is 19.0. The first-order valence-electron chi connectivity index (χ1n) is 11.7. The van der Waals surface area contributed by atoms with E-state index in [0.717, 1.165) is 52.0 Å². The molecule has 0 spiro atoms. The number of nitrogens with one attached hydrogen (secondary N) is 1. The van der Waals surface area contributed by atoms with Gasteiger partial charge < -0.3 is 15.0 Å². The van der Waals surface area contributed by atoms with Crippen LogP contribution in [0.5, 0.6) is 0 Å². The number of piperidine rings is 1. The molecule has 170 valence electrons. The fourth-order valence-corrected chi connectivity index (χ4v) is 5.53. The highest BCUT2D eigenvalue weighted by molar-refractivity contribution is 6.30. The highest BCUT2D eigenvalue weighted by Crippen LogP contribution is 2.34. The summed E-state index contributed by atoms with van der Waals surface area (Å²) in [5, 5.41) is 3.91. The lowest BCUT2D eigenvalue weighted by molar-refractivity contribution is -0.127. The van der Waals surface area contributed by atoms with Crippen molar-refractivity contribution in [2.75, 3.05) is 45.9 Å². The quantitative estimate of drug-likeness (QED) is 0.751. The summed E-state index contributed by atoms with van der Waals surface area (Å²) >= 11 is 5.94. The minimum Gasteiger partial charge on any atom is -0.379 e. The van der Waals surface area contributed by atoms with E-state index in [4.69, 9.17) is 16.3 Å². The molecule has 6 nitrogen and oxygen atoms in total. The number of rotatable bonds is 5. The van der Waals surface area contributed by atoms with E-state index in [1.165, 1.54) is 19.3 Å². The minimum atomic E-state index is -0.143. The largest absolute Gasteiger partial charge is 0.379 e. The van der Waals surface area contributed by atoms with Crippen molar-refractivity contribution in [2.24, 2.45) is 5.92 Å². The molecule has 3 aliphatic rings. The number of amides is 2. The highest BCUT2D eigenvalue weighted by Gasteiger charge is 2.39. The molecule has 0 aromatic heterocycles. The molecule has 2 saturated heterocycles. The van der Waals surface area contributed by atoms with Crippen LogP contribution in [0.3, 0.4) is 0 Å². The summed E-state index contributed by atoms with van der Waals surface area (Å²) in [6, 6.07) is 6.98. The molecule has 2 heterocycles. The zero-order valence-electron chi connectivity index (χ0n) is 18.3. The number of halogens is 1. The first-order chi connectivity index (χ1) is 15.1. The molecule has 31 heavy (non-hydrogen) atoms. The maximum Gasteiger partial charge on any atom is 0.253 e. The summed E-state index contributed by atoms with van der Waals surface area (Å²) < 4.78 is 5.56. The number of hydrogen-bond donors (Lipinski definition) is 1. The van der Waals surface area contributed by atoms with Crippen LogP contribution < -0.4 is 5.32 Å². The number of likely N-dealkylation sites (tertiary alicyclic amines) is 1. The van der Waals surface area contributed by atoms with Crippen molar-refractivity contribution in [3.63, 3.8) is 0 Å². The lowest BCUT2D eigenvalue weighted by Crippen LogP contribution is -2.60. The molecular weight excluding hydrogens is 414 g/mol. The van der Waals surface area contributed by atoms with Gasteiger partial charge in [0.1, 0.15) is 0 Å². The molecule has 1 atom stereocenters. The molecular formula is C24H34ClN3O3. The summed E-state index contributed by atoms with van der Waals surface area (Å²) in [6.45, 7) is 5.33. The topological polar surface area (TPSA) is 61.9 Å². The third kappa shape index (κ3) is 5.41. The van der Waals surface area contributed by atoms with Gasteiger partial charge in [-0.1, -0.05) is 30.9 Å². The van der Waals surface area contributed by atoms with Crippen molar-refractivity contribution in [3.05, 3.63) is 34.9 Å². The zero-order chi connectivity index (χ0) is 21.7. The lowest BCUT2D eigenvalue weighted by Gasteiger charge is -2.48. The molecule has 1 saturated carbocycles. The van der Waals surface area contributed by atoms with Gasteiger partial charge in [0, 0.05) is 48.8 Å². The lowest BCUT2D eigenvalue weighted by atomic mass is 9.79. The Balaban J connectivity index is 1.36. The number of morpholine rings is 1. The molecule has 7 heteroatoms. The van der Waals surface area contributed by atoms with Crippen LogP contribution >= 0.6 is 11.6 Å². The van der Waals surface area contributed by atoms with Gasteiger partial charge in [-0.25, -0.2) is 0 Å². The Morgan fingerprint density at radius 2 is 1.74 bits per heavy atom. The molecule has 3 fully saturated rings. The molecule has 1 aromatic rings. The molecule has 1 aliphatic carbocycles. The molecule has 4 rings (SSSR count). The van der Waals surface area contributed by atoms with Crippen molar-refractivity contribution in [3.8, 4) is 0 Å². The Hall–Kier alpha value is -1.63. The minimum absolute atomic E-state index is 0.0220. The number of nitrogens with zero attached hydrogens (tertiary/aromatic N) is 2. The van der Waals surface area contributed by atoms with E-state index >= 15 is 0 Å². The summed E-state index contributed by atoms with van der Waals surface area (Å²) in [6.07, 6.45) is 7.69. The summed E-state index contributed by atoms with van der Waals surface area (Å²) in [4.78, 5) is 30.3. The number of carbonyl (C=O) groups is 2. The van der Waals surface area contributed by atoms with Crippen molar-refractivity contribution >= 4 is 23.4 Å². The molecule has 2 aliphatic heterocycles. The van der Waals surface area contributed by atoms with Crippen LogP contribution in [0.25, 0.3) is 0 Å². The summed E-state index contributed by atoms with van der Waals surface area (Å²) in [5.74, 6) is -0.0756. The third-order valence-corrected chi connectivity index (χ3v) is 7.48. The maximum absolute atomic E-state index is 13.1. The summed E-state index contributed by atoms with van der Waals surface area (Å²) in [5.41, 5.74) is 0.685. The van der Waals surface area contributed by atoms with Gasteiger partial charge in [0.25, 0.3) is 5.91 Å². The SMILES string of the molecule is O=C(NCC1(N2CCOCC2)CCCCC1)C1CCCN(C(=O)c2ccc(Cl)cc2)C1. The smallest absolute Gasteiger partial charge is 0.253 e. The van der Waals surface area contributed by atoms with Gasteiger partial charge in [0.15, 0.2) is 0 Å². The fourth-order valence-electron chi connectivity index (χ4n) is 5.40. The maximum atomic E-state index is 13.1. The number of benzene rings is 1. The second-order valence-corrected chi connectivity index (χ2v) is 9.64. The van der Waals surface area contributed by atoms with Gasteiger partial charge in [-0.05, 0) is 49.9 Å². The van der Waals surface area contributed by atoms with Crippen LogP contribution in [0.2, 0.25) is 5.02 Å². The second kappa shape index (κ2) is 10.3. The number of hydrogen-bond acceptors (Lipinski definition) is 4. The van der Waals surface area contributed by atoms with Crippen molar-refractivity contribution < 1.29 is 14.3 Å². The second-order valence-electron chi connectivity index (χ2n) is 9.20. The first-order valence-corrected chi connectivity index (χ1v) is 12.1. The van der Waals surface area contributed by atoms with Crippen molar-refractivity contribution in [1.82, 2.24) is 15.1 Å². The predicted octanol–water partition coefficient (Wildman–Crippen LogP) is 3.34. The van der Waals surface area contributed by atoms with Crippen LogP contribution in [-0.2, 0) is 9.53 Å². The van der Waals surface area contributed by atoms with Gasteiger partial charge in [-0.3, -0.25) is 14.5 Å². The monoisotopic (exact) mass is 447 g/mol. The van der Waals surface area contributed by atoms with Gasteiger partial charge in [0.2, 0.25) is 5.91 Å². The van der Waals surface area contributed by atoms with Gasteiger partial charge in [0.05, 0.1) is 19.1 Å². The third-order valence-electron chi connectivity index (χ3n) is 7.23. The Labute approximate surface area is 190 Å². The Kier molecular flexibility index (Phi) is 7.51. The average Bonchev–Trinajstić information content (AvgIpc) is 2.84. The van der Waals surface area contributed by atoms with Crippen LogP contribution in [0, 0.1) is 5.92 Å². The molecule has 2 amide bonds. The van der Waals surface area contributed by atoms with Crippen LogP contribution in [0.15, 0.2) is 24.3 Å². The normalized spacial score (nSPS) is 24.5. The molecule has 1 unspecified atom stereocenters. The predicted molar refractivity (Wildman–Crippen MR) is 121 cm³/mol. The Morgan fingerprint density at radius 1 is 1.03 bits per heavy atom. The standard InChI is InChI=1S/C24H34ClN3O3/c25-21-8-6-19(7-9-21)23(30)27-12-4-5-20(17-27)22(29)26-18-24(10-2-1-3-11-24)28-13-15-31-16-14-28/h6-9,20H,1-5,10-18H2,(H,26,29). The summed E-state index contributed by atoms with van der Waals surface area (Å²) in [7, 11) is 0. The van der Waals surface area contributed by atoms with Crippen molar-refractivity contribution in [2.45, 2.75) is 50.5 Å². The first kappa shape index (κ1) is 22.6. The molecule has 1 N–H and O–H groups in total. The van der Waals surface area contributed by atoms with E-state index < -0.39 is 0 Å². The van der Waals surface area contributed by atoms with Crippen LogP contribution in [0.4, 0.5) is 0 Å². The Morgan fingerprint density at radius 3 is 2.45 bits per heavy atom. The molecule has 0 bridgehead atoms. The van der Waals surface area contributed by atoms with E-state index in [2.05, 4.69) is 10.2 Å². The van der Waals surface area contributed by atoms with Crippen LogP contribution in [-0.4, -0.2) is 73.1 Å². The van der Waals surface area contributed by atoms with Gasteiger partial charge in [-0.2, -0.15) is 0 Å². The fraction of sp³-hybridized carbons (Fsp3) is 0.667. The molecule has 0 radical (unpaired) electrons. The van der Waals surface area contributed by atoms with E-state index in [1.807, 2.05) is 4.90 Å². The van der Waals surface area contributed by atoms with Gasteiger partial charge >= 0.3 is 0 Å². The van der Waals surface area contributed by atoms with E-state index in [-0.39, 0.29) is 23.3 Å². The van der Waals surface area contributed by atoms with Crippen LogP contribution in [0.1, 0.15) is 55.3 Å². The average molecular weight is 448 g/mol. The number of ether oxygens (including phenoxy) is 1. The number of carbonyl (C=O) groups excluding carboxylic acids is 2. The van der Waals surface area contributed by atoms with Gasteiger partial charge in [-0.15, -0.1) is 0 Å². The van der Waals surface area contributed by atoms with Crippen molar-refractivity contribution in [1.29, 1.82) is 0 Å². The van der Waals surface area contributed by atoms with E-state index in [0.29, 0.717) is 30.2 Å². The van der Waals surface area contributed by atoms with E-state index in [1.54, 1.807) is 24.3 Å².